The molecule has 0 aromatic heterocycles. The van der Waals surface area contributed by atoms with E-state index in [1.807, 2.05) is 54.6 Å². The quantitative estimate of drug-likeness (QED) is 0.825. The Morgan fingerprint density at radius 1 is 1.06 bits per heavy atom. The molecular weight excluding hydrogens is 246 g/mol. The average Bonchev–Trinajstić information content (AvgIpc) is 2.41. The Morgan fingerprint density at radius 2 is 1.67 bits per heavy atom. The first kappa shape index (κ1) is 12.7. The van der Waals surface area contributed by atoms with E-state index in [-0.39, 0.29) is 5.91 Å². The highest BCUT2D eigenvalue weighted by molar-refractivity contribution is 6.31. The molecular formula is C15H14ClNO. The molecule has 0 heterocycles. The summed E-state index contributed by atoms with van der Waals surface area (Å²) in [7, 11) is 1.78. The Balaban J connectivity index is 2.11. The van der Waals surface area contributed by atoms with E-state index in [4.69, 9.17) is 11.6 Å². The molecule has 0 saturated heterocycles. The maximum Gasteiger partial charge on any atom is 0.253 e. The molecule has 2 nitrogen and oxygen atoms in total. The second-order valence-electron chi connectivity index (χ2n) is 4.12. The largest absolute Gasteiger partial charge is 0.337 e. The summed E-state index contributed by atoms with van der Waals surface area (Å²) in [5, 5.41) is 0.685. The number of nitrogens with zero attached hydrogens (tertiary/aromatic N) is 1. The lowest BCUT2D eigenvalue weighted by molar-refractivity contribution is 0.0785. The Kier molecular flexibility index (Phi) is 4.00. The first-order valence-corrected chi connectivity index (χ1v) is 6.10. The molecule has 0 unspecified atom stereocenters. The van der Waals surface area contributed by atoms with Crippen LogP contribution in [0.4, 0.5) is 0 Å². The summed E-state index contributed by atoms with van der Waals surface area (Å²) in [6.07, 6.45) is 0. The van der Waals surface area contributed by atoms with Crippen molar-refractivity contribution in [2.45, 2.75) is 6.54 Å². The lowest BCUT2D eigenvalue weighted by atomic mass is 10.1. The minimum atomic E-state index is -0.00415. The van der Waals surface area contributed by atoms with Gasteiger partial charge in [-0.1, -0.05) is 48.0 Å². The van der Waals surface area contributed by atoms with Crippen LogP contribution in [-0.4, -0.2) is 17.9 Å². The molecule has 0 fully saturated rings. The maximum atomic E-state index is 12.1. The highest BCUT2D eigenvalue weighted by Crippen LogP contribution is 2.17. The Labute approximate surface area is 112 Å². The van der Waals surface area contributed by atoms with Gasteiger partial charge < -0.3 is 4.90 Å². The molecule has 3 heteroatoms. The summed E-state index contributed by atoms with van der Waals surface area (Å²) in [6, 6.07) is 16.8. The van der Waals surface area contributed by atoms with Gasteiger partial charge in [0.15, 0.2) is 0 Å². The van der Waals surface area contributed by atoms with Gasteiger partial charge in [0.2, 0.25) is 0 Å². The minimum absolute atomic E-state index is 0.00415. The number of hydrogen-bond acceptors (Lipinski definition) is 1. The molecule has 0 N–H and O–H groups in total. The van der Waals surface area contributed by atoms with E-state index < -0.39 is 0 Å². The van der Waals surface area contributed by atoms with Crippen molar-refractivity contribution in [3.05, 3.63) is 70.7 Å². The fourth-order valence-corrected chi connectivity index (χ4v) is 1.95. The van der Waals surface area contributed by atoms with Gasteiger partial charge in [-0.2, -0.15) is 0 Å². The van der Waals surface area contributed by atoms with E-state index in [0.717, 1.165) is 5.56 Å². The van der Waals surface area contributed by atoms with Crippen LogP contribution in [0.25, 0.3) is 0 Å². The van der Waals surface area contributed by atoms with Gasteiger partial charge >= 0.3 is 0 Å². The first-order valence-electron chi connectivity index (χ1n) is 5.72. The first-order chi connectivity index (χ1) is 8.68. The number of carbonyl (C=O) groups excluding carboxylic acids is 1. The molecule has 18 heavy (non-hydrogen) atoms. The van der Waals surface area contributed by atoms with E-state index >= 15 is 0 Å². The van der Waals surface area contributed by atoms with Gasteiger partial charge in [0.1, 0.15) is 0 Å². The van der Waals surface area contributed by atoms with E-state index in [9.17, 15) is 4.79 Å². The summed E-state index contributed by atoms with van der Waals surface area (Å²) >= 11 is 6.08. The molecule has 2 aromatic carbocycles. The normalized spacial score (nSPS) is 10.1. The third kappa shape index (κ3) is 2.90. The molecule has 92 valence electrons. The molecule has 0 saturated carbocycles. The Hall–Kier alpha value is -1.80. The van der Waals surface area contributed by atoms with Crippen molar-refractivity contribution in [3.8, 4) is 0 Å². The summed E-state index contributed by atoms with van der Waals surface area (Å²) in [5.41, 5.74) is 1.64. The lowest BCUT2D eigenvalue weighted by Crippen LogP contribution is -2.26. The smallest absolute Gasteiger partial charge is 0.253 e. The van der Waals surface area contributed by atoms with Crippen molar-refractivity contribution >= 4 is 17.5 Å². The fraction of sp³-hybridized carbons (Fsp3) is 0.133. The zero-order valence-electron chi connectivity index (χ0n) is 10.1. The van der Waals surface area contributed by atoms with Crippen molar-refractivity contribution < 1.29 is 4.79 Å². The molecule has 1 amide bonds. The van der Waals surface area contributed by atoms with Crippen LogP contribution < -0.4 is 0 Å². The van der Waals surface area contributed by atoms with Crippen LogP contribution in [0.5, 0.6) is 0 Å². The van der Waals surface area contributed by atoms with Gasteiger partial charge in [-0.25, -0.2) is 0 Å². The molecule has 2 rings (SSSR count). The number of halogens is 1. The molecule has 0 aliphatic heterocycles. The highest BCUT2D eigenvalue weighted by atomic mass is 35.5. The fourth-order valence-electron chi connectivity index (χ4n) is 1.76. The van der Waals surface area contributed by atoms with Gasteiger partial charge in [-0.3, -0.25) is 4.79 Å². The monoisotopic (exact) mass is 259 g/mol. The van der Waals surface area contributed by atoms with Crippen molar-refractivity contribution in [2.24, 2.45) is 0 Å². The topological polar surface area (TPSA) is 20.3 Å². The molecule has 2 aromatic rings. The number of amides is 1. The Bertz CT molecular complexity index is 539. The maximum absolute atomic E-state index is 12.1. The van der Waals surface area contributed by atoms with Gasteiger partial charge in [-0.05, 0) is 23.8 Å². The van der Waals surface area contributed by atoms with Crippen LogP contribution in [0.3, 0.4) is 0 Å². The summed E-state index contributed by atoms with van der Waals surface area (Å²) in [6.45, 7) is 0.507. The van der Waals surface area contributed by atoms with Crippen LogP contribution in [0, 0.1) is 0 Å². The zero-order chi connectivity index (χ0) is 13.0. The van der Waals surface area contributed by atoms with Gasteiger partial charge in [0.05, 0.1) is 0 Å². The third-order valence-corrected chi connectivity index (χ3v) is 3.10. The number of hydrogen-bond donors (Lipinski definition) is 0. The van der Waals surface area contributed by atoms with Gasteiger partial charge in [-0.15, -0.1) is 0 Å². The minimum Gasteiger partial charge on any atom is -0.337 e. The van der Waals surface area contributed by atoms with Gasteiger partial charge in [0.25, 0.3) is 5.91 Å². The molecule has 0 spiro atoms. The van der Waals surface area contributed by atoms with Crippen molar-refractivity contribution in [2.75, 3.05) is 7.05 Å². The standard InChI is InChI=1S/C15H14ClNO/c1-17(11-13-9-5-6-10-14(13)16)15(18)12-7-3-2-4-8-12/h2-10H,11H2,1H3. The summed E-state index contributed by atoms with van der Waals surface area (Å²) in [4.78, 5) is 13.8. The lowest BCUT2D eigenvalue weighted by Gasteiger charge is -2.18. The zero-order valence-corrected chi connectivity index (χ0v) is 10.9. The van der Waals surface area contributed by atoms with Crippen molar-refractivity contribution in [3.63, 3.8) is 0 Å². The predicted octanol–water partition coefficient (Wildman–Crippen LogP) is 3.61. The molecule has 0 atom stereocenters. The van der Waals surface area contributed by atoms with Crippen LogP contribution in [-0.2, 0) is 6.54 Å². The highest BCUT2D eigenvalue weighted by Gasteiger charge is 2.12. The van der Waals surface area contributed by atoms with E-state index in [2.05, 4.69) is 0 Å². The third-order valence-electron chi connectivity index (χ3n) is 2.73. The number of benzene rings is 2. The Morgan fingerprint density at radius 3 is 2.33 bits per heavy atom. The van der Waals surface area contributed by atoms with E-state index in [1.54, 1.807) is 11.9 Å². The van der Waals surface area contributed by atoms with Crippen LogP contribution in [0.15, 0.2) is 54.6 Å². The van der Waals surface area contributed by atoms with Crippen LogP contribution in [0.2, 0.25) is 5.02 Å². The SMILES string of the molecule is CN(Cc1ccccc1Cl)C(=O)c1ccccc1. The van der Waals surface area contributed by atoms with Crippen molar-refractivity contribution in [1.82, 2.24) is 4.90 Å². The van der Waals surface area contributed by atoms with Crippen molar-refractivity contribution in [1.29, 1.82) is 0 Å². The number of rotatable bonds is 3. The van der Waals surface area contributed by atoms with E-state index in [1.165, 1.54) is 0 Å². The summed E-state index contributed by atoms with van der Waals surface area (Å²) < 4.78 is 0. The van der Waals surface area contributed by atoms with Gasteiger partial charge in [0, 0.05) is 24.2 Å². The second-order valence-corrected chi connectivity index (χ2v) is 4.53. The second kappa shape index (κ2) is 5.69. The molecule has 0 radical (unpaired) electrons. The molecule has 0 bridgehead atoms. The average molecular weight is 260 g/mol. The summed E-state index contributed by atoms with van der Waals surface area (Å²) in [5.74, 6) is -0.00415. The molecule has 0 aliphatic carbocycles. The van der Waals surface area contributed by atoms with Crippen LogP contribution in [0.1, 0.15) is 15.9 Å². The van der Waals surface area contributed by atoms with E-state index in [0.29, 0.717) is 17.1 Å². The predicted molar refractivity (Wildman–Crippen MR) is 73.7 cm³/mol. The molecule has 0 aliphatic rings. The van der Waals surface area contributed by atoms with Crippen LogP contribution >= 0.6 is 11.6 Å². The number of carbonyl (C=O) groups is 1.